The highest BCUT2D eigenvalue weighted by atomic mass is 35.5. The molecule has 0 saturated carbocycles. The summed E-state index contributed by atoms with van der Waals surface area (Å²) >= 11 is 13.5. The Hall–Kier alpha value is -3.62. The summed E-state index contributed by atoms with van der Waals surface area (Å²) in [5.41, 5.74) is -4.19. The van der Waals surface area contributed by atoms with Crippen molar-refractivity contribution in [3.63, 3.8) is 0 Å². The molecule has 2 amide bonds. The number of ketones is 1. The third kappa shape index (κ3) is 7.31. The number of rotatable bonds is 6. The number of amides is 2. The molecule has 0 aliphatic carbocycles. The highest BCUT2D eigenvalue weighted by Gasteiger charge is 2.46. The molecular weight excluding hydrogens is 649 g/mol. The van der Waals surface area contributed by atoms with E-state index in [1.165, 1.54) is 24.3 Å². The third-order valence-electron chi connectivity index (χ3n) is 6.20. The van der Waals surface area contributed by atoms with E-state index in [2.05, 4.69) is 10.6 Å². The SMILES string of the molecule is O=C(NCC1(CNC(=O)Oc2ccccc2C(F)(F)F)CSc2ccc(Cl)c(Cl)c2C1=O)Oc1ccccc1C(F)(F)F. The van der Waals surface area contributed by atoms with E-state index < -0.39 is 71.5 Å². The summed E-state index contributed by atoms with van der Waals surface area (Å²) in [6.45, 7) is -1.18. The fraction of sp³-hybridized carbons (Fsp3) is 0.222. The Morgan fingerprint density at radius 3 is 1.72 bits per heavy atom. The quantitative estimate of drug-likeness (QED) is 0.260. The molecule has 2 N–H and O–H groups in total. The Kier molecular flexibility index (Phi) is 9.42. The lowest BCUT2D eigenvalue weighted by atomic mass is 9.81. The van der Waals surface area contributed by atoms with E-state index >= 15 is 0 Å². The topological polar surface area (TPSA) is 93.7 Å². The van der Waals surface area contributed by atoms with E-state index in [0.717, 1.165) is 36.0 Å². The minimum atomic E-state index is -4.83. The molecule has 43 heavy (non-hydrogen) atoms. The van der Waals surface area contributed by atoms with Crippen LogP contribution in [0.2, 0.25) is 10.0 Å². The zero-order chi connectivity index (χ0) is 31.6. The third-order valence-corrected chi connectivity index (χ3v) is 8.35. The predicted octanol–water partition coefficient (Wildman–Crippen LogP) is 7.88. The van der Waals surface area contributed by atoms with E-state index in [4.69, 9.17) is 32.7 Å². The minimum Gasteiger partial charge on any atom is -0.410 e. The molecule has 0 atom stereocenters. The summed E-state index contributed by atoms with van der Waals surface area (Å²) in [4.78, 5) is 39.4. The number of para-hydroxylation sites is 2. The maximum atomic E-state index is 13.8. The molecule has 0 saturated heterocycles. The standard InChI is InChI=1S/C27H18Cl2F6N2O5S/c28-16-9-10-19-20(21(16)29)22(38)25(13-43-19,11-36-23(39)41-17-7-3-1-5-14(17)26(30,31)32)12-37-24(40)42-18-8-4-2-6-15(18)27(33,34)35/h1-10H,11-13H2,(H,36,39)(H,37,40). The second-order valence-corrected chi connectivity index (χ2v) is 10.9. The van der Waals surface area contributed by atoms with Gasteiger partial charge in [0.15, 0.2) is 5.78 Å². The van der Waals surface area contributed by atoms with E-state index in [0.29, 0.717) is 17.0 Å². The number of carbonyl (C=O) groups is 3. The summed E-state index contributed by atoms with van der Waals surface area (Å²) in [5.74, 6) is -2.40. The molecule has 228 valence electrons. The van der Waals surface area contributed by atoms with Gasteiger partial charge in [-0.25, -0.2) is 9.59 Å². The van der Waals surface area contributed by atoms with Crippen molar-refractivity contribution in [2.45, 2.75) is 17.2 Å². The molecule has 3 aromatic carbocycles. The Bertz CT molecular complexity index is 1490. The van der Waals surface area contributed by atoms with Crippen LogP contribution in [-0.4, -0.2) is 36.8 Å². The van der Waals surface area contributed by atoms with Crippen LogP contribution in [0.15, 0.2) is 65.6 Å². The number of Topliss-reactive ketones (excluding diaryl/α,β-unsaturated/α-hetero) is 1. The van der Waals surface area contributed by atoms with Crippen LogP contribution in [0, 0.1) is 5.41 Å². The molecule has 0 bridgehead atoms. The first kappa shape index (κ1) is 32.3. The summed E-state index contributed by atoms with van der Waals surface area (Å²) < 4.78 is 89.7. The number of carbonyl (C=O) groups excluding carboxylic acids is 3. The molecule has 1 heterocycles. The zero-order valence-electron chi connectivity index (χ0n) is 21.4. The highest BCUT2D eigenvalue weighted by Crippen LogP contribution is 2.45. The molecule has 0 unspecified atom stereocenters. The maximum absolute atomic E-state index is 13.8. The minimum absolute atomic E-state index is 0.0254. The summed E-state index contributed by atoms with van der Waals surface area (Å²) in [7, 11) is 0. The van der Waals surface area contributed by atoms with Crippen LogP contribution in [-0.2, 0) is 12.4 Å². The molecule has 0 aromatic heterocycles. The van der Waals surface area contributed by atoms with Gasteiger partial charge in [-0.3, -0.25) is 4.79 Å². The van der Waals surface area contributed by atoms with Crippen molar-refractivity contribution in [2.24, 2.45) is 5.41 Å². The first-order chi connectivity index (χ1) is 20.1. The van der Waals surface area contributed by atoms with Gasteiger partial charge in [0.05, 0.1) is 32.2 Å². The van der Waals surface area contributed by atoms with Crippen molar-refractivity contribution in [2.75, 3.05) is 18.8 Å². The number of benzene rings is 3. The van der Waals surface area contributed by atoms with E-state index in [1.54, 1.807) is 0 Å². The van der Waals surface area contributed by atoms with Crippen molar-refractivity contribution < 1.29 is 50.2 Å². The molecule has 7 nitrogen and oxygen atoms in total. The smallest absolute Gasteiger partial charge is 0.410 e. The largest absolute Gasteiger partial charge is 0.419 e. The lowest BCUT2D eigenvalue weighted by molar-refractivity contribution is -0.139. The van der Waals surface area contributed by atoms with Crippen LogP contribution >= 0.6 is 35.0 Å². The molecule has 16 heteroatoms. The summed E-state index contributed by atoms with van der Waals surface area (Å²) in [6.07, 6.45) is -12.4. The average Bonchev–Trinajstić information content (AvgIpc) is 2.93. The molecule has 0 spiro atoms. The van der Waals surface area contributed by atoms with Crippen molar-refractivity contribution in [1.82, 2.24) is 10.6 Å². The number of halogens is 8. The first-order valence-electron chi connectivity index (χ1n) is 12.0. The first-order valence-corrected chi connectivity index (χ1v) is 13.8. The number of nitrogens with one attached hydrogen (secondary N) is 2. The molecule has 0 fully saturated rings. The Morgan fingerprint density at radius 1 is 0.791 bits per heavy atom. The van der Waals surface area contributed by atoms with E-state index in [9.17, 15) is 40.7 Å². The predicted molar refractivity (Wildman–Crippen MR) is 145 cm³/mol. The van der Waals surface area contributed by atoms with Gasteiger partial charge in [0.2, 0.25) is 0 Å². The Labute approximate surface area is 253 Å². The average molecular weight is 667 g/mol. The van der Waals surface area contributed by atoms with Crippen molar-refractivity contribution in [1.29, 1.82) is 0 Å². The zero-order valence-corrected chi connectivity index (χ0v) is 23.7. The summed E-state index contributed by atoms with van der Waals surface area (Å²) in [5, 5.41) is 4.38. The lowest BCUT2D eigenvalue weighted by Gasteiger charge is -2.36. The Balaban J connectivity index is 1.57. The van der Waals surface area contributed by atoms with Gasteiger partial charge >= 0.3 is 24.5 Å². The number of alkyl halides is 6. The fourth-order valence-electron chi connectivity index (χ4n) is 4.07. The van der Waals surface area contributed by atoms with Crippen LogP contribution in [0.4, 0.5) is 35.9 Å². The summed E-state index contributed by atoms with van der Waals surface area (Å²) in [6, 6.07) is 10.9. The van der Waals surface area contributed by atoms with Crippen molar-refractivity contribution >= 4 is 52.9 Å². The van der Waals surface area contributed by atoms with E-state index in [-0.39, 0.29) is 21.4 Å². The number of fused-ring (bicyclic) bond motifs is 1. The van der Waals surface area contributed by atoms with Crippen molar-refractivity contribution in [3.8, 4) is 11.5 Å². The van der Waals surface area contributed by atoms with Crippen LogP contribution in [0.5, 0.6) is 11.5 Å². The van der Waals surface area contributed by atoms with Crippen LogP contribution in [0.3, 0.4) is 0 Å². The van der Waals surface area contributed by atoms with Gasteiger partial charge in [-0.15, -0.1) is 11.8 Å². The maximum Gasteiger partial charge on any atom is 0.419 e. The van der Waals surface area contributed by atoms with E-state index in [1.807, 2.05) is 0 Å². The van der Waals surface area contributed by atoms with Crippen molar-refractivity contribution in [3.05, 3.63) is 87.4 Å². The number of thioether (sulfide) groups is 1. The van der Waals surface area contributed by atoms with Crippen LogP contribution in [0.25, 0.3) is 0 Å². The van der Waals surface area contributed by atoms with Crippen LogP contribution in [0.1, 0.15) is 21.5 Å². The van der Waals surface area contributed by atoms with Gasteiger partial charge in [-0.2, -0.15) is 26.3 Å². The molecule has 1 aliphatic rings. The highest BCUT2D eigenvalue weighted by molar-refractivity contribution is 7.99. The molecule has 1 aliphatic heterocycles. The van der Waals surface area contributed by atoms with Gasteiger partial charge in [0.25, 0.3) is 0 Å². The Morgan fingerprint density at radius 2 is 1.26 bits per heavy atom. The van der Waals surface area contributed by atoms with Crippen LogP contribution < -0.4 is 20.1 Å². The molecule has 4 rings (SSSR count). The van der Waals surface area contributed by atoms with Gasteiger partial charge in [-0.05, 0) is 36.4 Å². The monoisotopic (exact) mass is 666 g/mol. The van der Waals surface area contributed by atoms with Gasteiger partial charge in [-0.1, -0.05) is 47.5 Å². The second kappa shape index (κ2) is 12.5. The number of hydrogen-bond acceptors (Lipinski definition) is 6. The molecular formula is C27H18Cl2F6N2O5S. The van der Waals surface area contributed by atoms with Gasteiger partial charge < -0.3 is 20.1 Å². The second-order valence-electron chi connectivity index (χ2n) is 9.11. The lowest BCUT2D eigenvalue weighted by Crippen LogP contribution is -2.54. The number of hydrogen-bond donors (Lipinski definition) is 2. The fourth-order valence-corrected chi connectivity index (χ4v) is 5.81. The van der Waals surface area contributed by atoms with Gasteiger partial charge in [0, 0.05) is 23.7 Å². The molecule has 0 radical (unpaired) electrons. The number of ether oxygens (including phenoxy) is 2. The normalized spacial score (nSPS) is 14.5. The van der Waals surface area contributed by atoms with Gasteiger partial charge in [0.1, 0.15) is 11.5 Å². The molecule has 3 aromatic rings.